The molecule has 2 N–H and O–H groups in total. The van der Waals surface area contributed by atoms with E-state index in [1.54, 1.807) is 6.07 Å². The molecule has 1 aliphatic heterocycles. The van der Waals surface area contributed by atoms with Crippen molar-refractivity contribution >= 4 is 21.8 Å². The number of rotatable bonds is 4. The van der Waals surface area contributed by atoms with Crippen molar-refractivity contribution in [2.24, 2.45) is 5.92 Å². The number of halogens is 2. The van der Waals surface area contributed by atoms with Crippen LogP contribution in [-0.2, 0) is 11.3 Å². The van der Waals surface area contributed by atoms with Crippen LogP contribution < -0.4 is 10.6 Å². The van der Waals surface area contributed by atoms with E-state index in [9.17, 15) is 9.18 Å². The zero-order chi connectivity index (χ0) is 13.0. The van der Waals surface area contributed by atoms with Gasteiger partial charge in [0.05, 0.1) is 0 Å². The van der Waals surface area contributed by atoms with E-state index < -0.39 is 0 Å². The molecular formula is C13H16BrFN2O. The summed E-state index contributed by atoms with van der Waals surface area (Å²) in [5.41, 5.74) is 0.757. The Morgan fingerprint density at radius 3 is 3.11 bits per heavy atom. The minimum absolute atomic E-state index is 0.0276. The van der Waals surface area contributed by atoms with Gasteiger partial charge in [0.15, 0.2) is 0 Å². The predicted octanol–water partition coefficient (Wildman–Crippen LogP) is 2.20. The molecule has 98 valence electrons. The monoisotopic (exact) mass is 314 g/mol. The van der Waals surface area contributed by atoms with Gasteiger partial charge in [-0.3, -0.25) is 4.79 Å². The molecule has 3 nitrogen and oxygen atoms in total. The second-order valence-corrected chi connectivity index (χ2v) is 5.43. The maximum Gasteiger partial charge on any atom is 0.220 e. The highest BCUT2D eigenvalue weighted by Crippen LogP contribution is 2.18. The van der Waals surface area contributed by atoms with Gasteiger partial charge in [0.25, 0.3) is 0 Å². The number of amides is 1. The number of nitrogens with one attached hydrogen (secondary N) is 2. The summed E-state index contributed by atoms with van der Waals surface area (Å²) in [6.45, 7) is 2.27. The molecule has 1 heterocycles. The Balaban J connectivity index is 1.83. The molecule has 5 heteroatoms. The lowest BCUT2D eigenvalue weighted by atomic mass is 10.0. The van der Waals surface area contributed by atoms with Crippen molar-refractivity contribution in [3.05, 3.63) is 34.1 Å². The van der Waals surface area contributed by atoms with Gasteiger partial charge in [0.1, 0.15) is 5.82 Å². The van der Waals surface area contributed by atoms with Gasteiger partial charge in [-0.25, -0.2) is 4.39 Å². The average molecular weight is 315 g/mol. The van der Waals surface area contributed by atoms with Crippen LogP contribution in [0.25, 0.3) is 0 Å². The van der Waals surface area contributed by atoms with Crippen LogP contribution >= 0.6 is 15.9 Å². The van der Waals surface area contributed by atoms with Crippen LogP contribution in [-0.4, -0.2) is 19.0 Å². The molecule has 0 spiro atoms. The molecule has 0 aliphatic carbocycles. The standard InChI is InChI=1S/C13H16BrFN2O/c14-12-2-1-11(15)6-10(12)8-17-13(18)5-9-3-4-16-7-9/h1-2,6,9,16H,3-5,7-8H2,(H,17,18). The highest BCUT2D eigenvalue weighted by atomic mass is 79.9. The third kappa shape index (κ3) is 3.78. The summed E-state index contributed by atoms with van der Waals surface area (Å²) in [6, 6.07) is 4.47. The molecule has 1 aliphatic rings. The van der Waals surface area contributed by atoms with Crippen molar-refractivity contribution in [2.45, 2.75) is 19.4 Å². The van der Waals surface area contributed by atoms with Crippen LogP contribution in [0.1, 0.15) is 18.4 Å². The SMILES string of the molecule is O=C(CC1CCNC1)NCc1cc(F)ccc1Br. The van der Waals surface area contributed by atoms with Crippen LogP contribution in [0.15, 0.2) is 22.7 Å². The molecule has 2 rings (SSSR count). The lowest BCUT2D eigenvalue weighted by Gasteiger charge is -2.10. The summed E-state index contributed by atoms with van der Waals surface area (Å²) in [5, 5.41) is 6.06. The van der Waals surface area contributed by atoms with E-state index in [2.05, 4.69) is 26.6 Å². The van der Waals surface area contributed by atoms with Gasteiger partial charge >= 0.3 is 0 Å². The van der Waals surface area contributed by atoms with Crippen molar-refractivity contribution < 1.29 is 9.18 Å². The molecule has 0 saturated carbocycles. The summed E-state index contributed by atoms with van der Waals surface area (Å²) in [4.78, 5) is 11.7. The Labute approximate surface area is 114 Å². The van der Waals surface area contributed by atoms with E-state index in [0.717, 1.165) is 29.5 Å². The number of carbonyl (C=O) groups is 1. The molecule has 1 aromatic rings. The van der Waals surface area contributed by atoms with Crippen molar-refractivity contribution in [1.82, 2.24) is 10.6 Å². The quantitative estimate of drug-likeness (QED) is 0.894. The first-order valence-electron chi connectivity index (χ1n) is 6.06. The molecule has 1 atom stereocenters. The maximum absolute atomic E-state index is 13.1. The molecular weight excluding hydrogens is 299 g/mol. The minimum atomic E-state index is -0.289. The first-order chi connectivity index (χ1) is 8.65. The fourth-order valence-electron chi connectivity index (χ4n) is 2.10. The van der Waals surface area contributed by atoms with Crippen molar-refractivity contribution in [2.75, 3.05) is 13.1 Å². The normalized spacial score (nSPS) is 18.9. The number of carbonyl (C=O) groups excluding carboxylic acids is 1. The Morgan fingerprint density at radius 2 is 2.39 bits per heavy atom. The van der Waals surface area contributed by atoms with E-state index in [1.165, 1.54) is 12.1 Å². The average Bonchev–Trinajstić information content (AvgIpc) is 2.83. The van der Waals surface area contributed by atoms with Crippen molar-refractivity contribution in [3.63, 3.8) is 0 Å². The number of hydrogen-bond donors (Lipinski definition) is 2. The minimum Gasteiger partial charge on any atom is -0.352 e. The first kappa shape index (κ1) is 13.5. The highest BCUT2D eigenvalue weighted by molar-refractivity contribution is 9.10. The lowest BCUT2D eigenvalue weighted by Crippen LogP contribution is -2.26. The Kier molecular flexibility index (Phi) is 4.72. The van der Waals surface area contributed by atoms with E-state index in [0.29, 0.717) is 18.9 Å². The van der Waals surface area contributed by atoms with Crippen LogP contribution in [0.4, 0.5) is 4.39 Å². The fourth-order valence-corrected chi connectivity index (χ4v) is 2.48. The Hall–Kier alpha value is -0.940. The summed E-state index contributed by atoms with van der Waals surface area (Å²) in [7, 11) is 0. The zero-order valence-corrected chi connectivity index (χ0v) is 11.6. The molecule has 18 heavy (non-hydrogen) atoms. The fraction of sp³-hybridized carbons (Fsp3) is 0.462. The summed E-state index contributed by atoms with van der Waals surface area (Å²) in [6.07, 6.45) is 1.59. The summed E-state index contributed by atoms with van der Waals surface area (Å²) >= 11 is 3.34. The molecule has 0 aromatic heterocycles. The molecule has 0 radical (unpaired) electrons. The third-order valence-corrected chi connectivity index (χ3v) is 3.89. The van der Waals surface area contributed by atoms with E-state index in [1.807, 2.05) is 0 Å². The smallest absolute Gasteiger partial charge is 0.220 e. The molecule has 1 aromatic carbocycles. The van der Waals surface area contributed by atoms with Gasteiger partial charge in [-0.2, -0.15) is 0 Å². The zero-order valence-electron chi connectivity index (χ0n) is 10.0. The van der Waals surface area contributed by atoms with Gasteiger partial charge in [-0.05, 0) is 49.2 Å². The molecule has 1 saturated heterocycles. The second-order valence-electron chi connectivity index (χ2n) is 4.58. The van der Waals surface area contributed by atoms with Gasteiger partial charge < -0.3 is 10.6 Å². The van der Waals surface area contributed by atoms with E-state index in [-0.39, 0.29) is 11.7 Å². The van der Waals surface area contributed by atoms with Gasteiger partial charge in [-0.1, -0.05) is 15.9 Å². The number of hydrogen-bond acceptors (Lipinski definition) is 2. The second kappa shape index (κ2) is 6.29. The van der Waals surface area contributed by atoms with Crippen LogP contribution in [0.5, 0.6) is 0 Å². The molecule has 1 unspecified atom stereocenters. The Morgan fingerprint density at radius 1 is 1.56 bits per heavy atom. The molecule has 1 fully saturated rings. The van der Waals surface area contributed by atoms with Crippen LogP contribution in [0, 0.1) is 11.7 Å². The summed E-state index contributed by atoms with van der Waals surface area (Å²) < 4.78 is 13.9. The van der Waals surface area contributed by atoms with Crippen LogP contribution in [0.3, 0.4) is 0 Å². The third-order valence-electron chi connectivity index (χ3n) is 3.12. The van der Waals surface area contributed by atoms with E-state index in [4.69, 9.17) is 0 Å². The number of benzene rings is 1. The van der Waals surface area contributed by atoms with Crippen LogP contribution in [0.2, 0.25) is 0 Å². The molecule has 0 bridgehead atoms. The Bertz CT molecular complexity index is 433. The highest BCUT2D eigenvalue weighted by Gasteiger charge is 2.17. The van der Waals surface area contributed by atoms with Gasteiger partial charge in [-0.15, -0.1) is 0 Å². The first-order valence-corrected chi connectivity index (χ1v) is 6.86. The maximum atomic E-state index is 13.1. The lowest BCUT2D eigenvalue weighted by molar-refractivity contribution is -0.122. The van der Waals surface area contributed by atoms with E-state index >= 15 is 0 Å². The van der Waals surface area contributed by atoms with Crippen molar-refractivity contribution in [1.29, 1.82) is 0 Å². The van der Waals surface area contributed by atoms with Gasteiger partial charge in [0.2, 0.25) is 5.91 Å². The predicted molar refractivity (Wildman–Crippen MR) is 71.5 cm³/mol. The topological polar surface area (TPSA) is 41.1 Å². The largest absolute Gasteiger partial charge is 0.352 e. The molecule has 1 amide bonds. The van der Waals surface area contributed by atoms with Gasteiger partial charge in [0, 0.05) is 17.4 Å². The summed E-state index contributed by atoms with van der Waals surface area (Å²) in [5.74, 6) is 0.170. The van der Waals surface area contributed by atoms with Crippen molar-refractivity contribution in [3.8, 4) is 0 Å².